The summed E-state index contributed by atoms with van der Waals surface area (Å²) in [4.78, 5) is 36.9. The summed E-state index contributed by atoms with van der Waals surface area (Å²) in [5, 5.41) is 4.57. The molecule has 3 rings (SSSR count). The van der Waals surface area contributed by atoms with Gasteiger partial charge in [0, 0.05) is 0 Å². The third kappa shape index (κ3) is 4.69. The van der Waals surface area contributed by atoms with Crippen LogP contribution in [0.3, 0.4) is 0 Å². The molecule has 0 aliphatic carbocycles. The molecule has 0 spiro atoms. The predicted molar refractivity (Wildman–Crippen MR) is 103 cm³/mol. The van der Waals surface area contributed by atoms with Gasteiger partial charge in [0.25, 0.3) is 11.8 Å². The number of carbonyl (C=O) groups excluding carboxylic acids is 3. The van der Waals surface area contributed by atoms with Crippen LogP contribution < -0.4 is 10.6 Å². The fraction of sp³-hybridized carbons (Fsp3) is 0.0952. The number of nitrogens with one attached hydrogen (secondary N) is 2. The third-order valence-corrected chi connectivity index (χ3v) is 4.00. The van der Waals surface area contributed by atoms with Crippen LogP contribution >= 0.6 is 0 Å². The first-order valence-corrected chi connectivity index (χ1v) is 8.76. The van der Waals surface area contributed by atoms with Gasteiger partial charge < -0.3 is 19.8 Å². The molecule has 1 aromatic heterocycles. The van der Waals surface area contributed by atoms with Crippen molar-refractivity contribution >= 4 is 29.2 Å². The molecule has 0 aliphatic heterocycles. The Labute approximate surface area is 169 Å². The SMILES string of the molecule is C[C@H](OC(=O)c1ccccc1NC(=O)c1ccco1)C(=O)Nc1c(F)cccc1F. The van der Waals surface area contributed by atoms with Crippen molar-refractivity contribution in [2.45, 2.75) is 13.0 Å². The van der Waals surface area contributed by atoms with Crippen LogP contribution in [0.25, 0.3) is 0 Å². The molecule has 3 aromatic rings. The van der Waals surface area contributed by atoms with E-state index in [0.717, 1.165) is 18.2 Å². The van der Waals surface area contributed by atoms with Crippen molar-refractivity contribution in [2.24, 2.45) is 0 Å². The number of furan rings is 1. The highest BCUT2D eigenvalue weighted by Gasteiger charge is 2.23. The van der Waals surface area contributed by atoms with Crippen LogP contribution in [0.5, 0.6) is 0 Å². The van der Waals surface area contributed by atoms with Crippen LogP contribution in [0.15, 0.2) is 65.3 Å². The number of anilines is 2. The number of halogens is 2. The molecule has 0 saturated heterocycles. The van der Waals surface area contributed by atoms with Gasteiger partial charge in [-0.15, -0.1) is 0 Å². The van der Waals surface area contributed by atoms with Crippen molar-refractivity contribution in [2.75, 3.05) is 10.6 Å². The molecule has 0 bridgehead atoms. The second-order valence-electron chi connectivity index (χ2n) is 6.11. The Morgan fingerprint density at radius 2 is 1.63 bits per heavy atom. The number of benzene rings is 2. The van der Waals surface area contributed by atoms with E-state index in [-0.39, 0.29) is 17.0 Å². The highest BCUT2D eigenvalue weighted by Crippen LogP contribution is 2.20. The van der Waals surface area contributed by atoms with Crippen molar-refractivity contribution in [3.8, 4) is 0 Å². The number of ether oxygens (including phenoxy) is 1. The minimum atomic E-state index is -1.37. The van der Waals surface area contributed by atoms with Gasteiger partial charge in [0.15, 0.2) is 11.9 Å². The maximum absolute atomic E-state index is 13.7. The van der Waals surface area contributed by atoms with Crippen LogP contribution in [-0.4, -0.2) is 23.9 Å². The molecule has 154 valence electrons. The molecule has 0 aliphatic rings. The molecule has 30 heavy (non-hydrogen) atoms. The monoisotopic (exact) mass is 414 g/mol. The average molecular weight is 414 g/mol. The van der Waals surface area contributed by atoms with E-state index in [0.29, 0.717) is 0 Å². The van der Waals surface area contributed by atoms with Gasteiger partial charge in [-0.05, 0) is 43.3 Å². The van der Waals surface area contributed by atoms with Gasteiger partial charge in [-0.2, -0.15) is 0 Å². The van der Waals surface area contributed by atoms with Crippen LogP contribution in [0, 0.1) is 11.6 Å². The van der Waals surface area contributed by atoms with Crippen LogP contribution in [0.4, 0.5) is 20.2 Å². The maximum Gasteiger partial charge on any atom is 0.341 e. The fourth-order valence-corrected chi connectivity index (χ4v) is 2.48. The molecule has 7 nitrogen and oxygen atoms in total. The van der Waals surface area contributed by atoms with Gasteiger partial charge >= 0.3 is 5.97 Å². The lowest BCUT2D eigenvalue weighted by Crippen LogP contribution is -2.31. The molecule has 2 aromatic carbocycles. The first-order chi connectivity index (χ1) is 14.4. The largest absolute Gasteiger partial charge is 0.459 e. The van der Waals surface area contributed by atoms with Crippen molar-refractivity contribution in [3.05, 3.63) is 83.8 Å². The number of hydrogen-bond donors (Lipinski definition) is 2. The molecule has 1 heterocycles. The normalized spacial score (nSPS) is 11.4. The maximum atomic E-state index is 13.7. The van der Waals surface area contributed by atoms with Gasteiger partial charge in [0.1, 0.15) is 17.3 Å². The number of hydrogen-bond acceptors (Lipinski definition) is 5. The van der Waals surface area contributed by atoms with E-state index in [9.17, 15) is 23.2 Å². The zero-order valence-electron chi connectivity index (χ0n) is 15.6. The predicted octanol–water partition coefficient (Wildman–Crippen LogP) is 3.99. The zero-order chi connectivity index (χ0) is 21.7. The second-order valence-corrected chi connectivity index (χ2v) is 6.11. The van der Waals surface area contributed by atoms with E-state index in [1.165, 1.54) is 37.5 Å². The lowest BCUT2D eigenvalue weighted by molar-refractivity contribution is -0.123. The quantitative estimate of drug-likeness (QED) is 0.595. The smallest absolute Gasteiger partial charge is 0.341 e. The summed E-state index contributed by atoms with van der Waals surface area (Å²) in [6, 6.07) is 12.1. The van der Waals surface area contributed by atoms with Crippen LogP contribution in [-0.2, 0) is 9.53 Å². The van der Waals surface area contributed by atoms with E-state index in [4.69, 9.17) is 9.15 Å². The van der Waals surface area contributed by atoms with E-state index in [2.05, 4.69) is 10.6 Å². The molecule has 0 radical (unpaired) electrons. The number of carbonyl (C=O) groups is 3. The lowest BCUT2D eigenvalue weighted by Gasteiger charge is -2.15. The number of para-hydroxylation sites is 2. The second kappa shape index (κ2) is 8.99. The standard InChI is InChI=1S/C21H16F2N2O5/c1-12(19(26)25-18-14(22)7-4-8-15(18)23)30-21(28)13-6-2-3-9-16(13)24-20(27)17-10-5-11-29-17/h2-12H,1H3,(H,24,27)(H,25,26)/t12-/m0/s1. The summed E-state index contributed by atoms with van der Waals surface area (Å²) < 4.78 is 37.5. The first kappa shape index (κ1) is 20.7. The molecule has 0 fully saturated rings. The first-order valence-electron chi connectivity index (χ1n) is 8.76. The molecular weight excluding hydrogens is 398 g/mol. The number of esters is 1. The summed E-state index contributed by atoms with van der Waals surface area (Å²) in [6.45, 7) is 1.25. The summed E-state index contributed by atoms with van der Waals surface area (Å²) in [5.74, 6) is -4.31. The molecule has 2 N–H and O–H groups in total. The Kier molecular flexibility index (Phi) is 6.21. The Hall–Kier alpha value is -4.01. The summed E-state index contributed by atoms with van der Waals surface area (Å²) in [6.07, 6.45) is -0.0429. The van der Waals surface area contributed by atoms with Crippen molar-refractivity contribution in [3.63, 3.8) is 0 Å². The molecular formula is C21H16F2N2O5. The van der Waals surface area contributed by atoms with Crippen molar-refractivity contribution in [1.29, 1.82) is 0 Å². The van der Waals surface area contributed by atoms with Gasteiger partial charge in [-0.25, -0.2) is 13.6 Å². The third-order valence-electron chi connectivity index (χ3n) is 4.00. The van der Waals surface area contributed by atoms with Crippen LogP contribution in [0.1, 0.15) is 27.8 Å². The van der Waals surface area contributed by atoms with E-state index in [1.807, 2.05) is 0 Å². The van der Waals surface area contributed by atoms with Gasteiger partial charge in [0.05, 0.1) is 17.5 Å². The fourth-order valence-electron chi connectivity index (χ4n) is 2.48. The highest BCUT2D eigenvalue weighted by molar-refractivity contribution is 6.07. The van der Waals surface area contributed by atoms with E-state index in [1.54, 1.807) is 12.1 Å². The summed E-state index contributed by atoms with van der Waals surface area (Å²) >= 11 is 0. The molecule has 2 amide bonds. The van der Waals surface area contributed by atoms with Gasteiger partial charge in [-0.3, -0.25) is 9.59 Å². The van der Waals surface area contributed by atoms with E-state index < -0.39 is 41.2 Å². The topological polar surface area (TPSA) is 97.6 Å². The van der Waals surface area contributed by atoms with E-state index >= 15 is 0 Å². The van der Waals surface area contributed by atoms with Gasteiger partial charge in [0.2, 0.25) is 0 Å². The molecule has 0 unspecified atom stereocenters. The molecule has 0 saturated carbocycles. The summed E-state index contributed by atoms with van der Waals surface area (Å²) in [5.41, 5.74) is -0.526. The Morgan fingerprint density at radius 1 is 0.933 bits per heavy atom. The summed E-state index contributed by atoms with van der Waals surface area (Å²) in [7, 11) is 0. The minimum absolute atomic E-state index is 0.0193. The number of amides is 2. The molecule has 1 atom stereocenters. The minimum Gasteiger partial charge on any atom is -0.459 e. The Balaban J connectivity index is 1.69. The lowest BCUT2D eigenvalue weighted by atomic mass is 10.1. The highest BCUT2D eigenvalue weighted by atomic mass is 19.1. The van der Waals surface area contributed by atoms with Crippen LogP contribution in [0.2, 0.25) is 0 Å². The van der Waals surface area contributed by atoms with Gasteiger partial charge in [-0.1, -0.05) is 18.2 Å². The Bertz CT molecular complexity index is 1060. The molecule has 9 heteroatoms. The van der Waals surface area contributed by atoms with Crippen molar-refractivity contribution in [1.82, 2.24) is 0 Å². The number of rotatable bonds is 6. The Morgan fingerprint density at radius 3 is 2.30 bits per heavy atom. The van der Waals surface area contributed by atoms with Crippen molar-refractivity contribution < 1.29 is 32.3 Å². The average Bonchev–Trinajstić information content (AvgIpc) is 3.26. The zero-order valence-corrected chi connectivity index (χ0v) is 15.6.